The Hall–Kier alpha value is -2.37. The SMILES string of the molecule is CCCC(CCC)C(=O)N1CCC2(CC1)NC(=O)N(Cc1ccccc1)C2=O. The summed E-state index contributed by atoms with van der Waals surface area (Å²) in [6, 6.07) is 9.20. The van der Waals surface area contributed by atoms with Gasteiger partial charge in [0.15, 0.2) is 0 Å². The first-order chi connectivity index (χ1) is 13.5. The number of urea groups is 1. The number of carbonyl (C=O) groups is 3. The molecule has 28 heavy (non-hydrogen) atoms. The van der Waals surface area contributed by atoms with Crippen molar-refractivity contribution in [3.05, 3.63) is 35.9 Å². The van der Waals surface area contributed by atoms with Crippen molar-refractivity contribution in [1.82, 2.24) is 15.1 Å². The molecule has 6 heteroatoms. The summed E-state index contributed by atoms with van der Waals surface area (Å²) in [6.07, 6.45) is 4.79. The van der Waals surface area contributed by atoms with E-state index in [0.29, 0.717) is 25.9 Å². The largest absolute Gasteiger partial charge is 0.342 e. The Kier molecular flexibility index (Phi) is 6.37. The second kappa shape index (κ2) is 8.76. The number of likely N-dealkylation sites (tertiary alicyclic amines) is 1. The number of imide groups is 1. The van der Waals surface area contributed by atoms with Crippen molar-refractivity contribution < 1.29 is 14.4 Å². The first-order valence-electron chi connectivity index (χ1n) is 10.5. The summed E-state index contributed by atoms with van der Waals surface area (Å²) in [5.74, 6) is 0.121. The van der Waals surface area contributed by atoms with Crippen molar-refractivity contribution in [3.8, 4) is 0 Å². The zero-order valence-corrected chi connectivity index (χ0v) is 16.9. The molecule has 0 radical (unpaired) electrons. The Bertz CT molecular complexity index is 705. The van der Waals surface area contributed by atoms with E-state index in [1.54, 1.807) is 0 Å². The zero-order valence-electron chi connectivity index (χ0n) is 16.9. The van der Waals surface area contributed by atoms with Crippen LogP contribution in [0.1, 0.15) is 57.9 Å². The standard InChI is InChI=1S/C22H31N3O3/c1-3-8-18(9-4-2)19(26)24-14-12-22(13-15-24)20(27)25(21(28)23-22)16-17-10-6-5-7-11-17/h5-7,10-11,18H,3-4,8-9,12-16H2,1-2H3,(H,23,28). The van der Waals surface area contributed by atoms with Crippen LogP contribution >= 0.6 is 0 Å². The van der Waals surface area contributed by atoms with Gasteiger partial charge in [0.05, 0.1) is 6.54 Å². The van der Waals surface area contributed by atoms with Gasteiger partial charge >= 0.3 is 6.03 Å². The van der Waals surface area contributed by atoms with Crippen LogP contribution in [0.2, 0.25) is 0 Å². The molecule has 1 aromatic carbocycles. The van der Waals surface area contributed by atoms with Gasteiger partial charge in [0.2, 0.25) is 5.91 Å². The predicted octanol–water partition coefficient (Wildman–Crippen LogP) is 3.32. The maximum absolute atomic E-state index is 13.1. The molecular weight excluding hydrogens is 354 g/mol. The molecule has 4 amide bonds. The van der Waals surface area contributed by atoms with Gasteiger partial charge in [-0.15, -0.1) is 0 Å². The fourth-order valence-electron chi connectivity index (χ4n) is 4.38. The van der Waals surface area contributed by atoms with Crippen LogP contribution in [-0.2, 0) is 16.1 Å². The molecule has 0 aromatic heterocycles. The third kappa shape index (κ3) is 4.05. The Morgan fingerprint density at radius 3 is 2.25 bits per heavy atom. The second-order valence-electron chi connectivity index (χ2n) is 7.99. The minimum atomic E-state index is -0.854. The molecule has 152 valence electrons. The van der Waals surface area contributed by atoms with Crippen molar-refractivity contribution >= 4 is 17.8 Å². The highest BCUT2D eigenvalue weighted by molar-refractivity contribution is 6.07. The van der Waals surface area contributed by atoms with E-state index in [1.165, 1.54) is 4.90 Å². The van der Waals surface area contributed by atoms with Crippen molar-refractivity contribution in [1.29, 1.82) is 0 Å². The summed E-state index contributed by atoms with van der Waals surface area (Å²) in [5.41, 5.74) is 0.0748. The van der Waals surface area contributed by atoms with Gasteiger partial charge in [0, 0.05) is 19.0 Å². The smallest absolute Gasteiger partial charge is 0.325 e. The first kappa shape index (κ1) is 20.4. The highest BCUT2D eigenvalue weighted by Gasteiger charge is 2.52. The molecule has 2 aliphatic rings. The molecule has 2 fully saturated rings. The highest BCUT2D eigenvalue weighted by atomic mass is 16.2. The number of nitrogens with one attached hydrogen (secondary N) is 1. The Balaban J connectivity index is 1.63. The quantitative estimate of drug-likeness (QED) is 0.732. The lowest BCUT2D eigenvalue weighted by Gasteiger charge is -2.38. The van der Waals surface area contributed by atoms with E-state index < -0.39 is 5.54 Å². The maximum Gasteiger partial charge on any atom is 0.325 e. The fourth-order valence-corrected chi connectivity index (χ4v) is 4.38. The molecule has 0 atom stereocenters. The van der Waals surface area contributed by atoms with Gasteiger partial charge in [-0.1, -0.05) is 57.0 Å². The van der Waals surface area contributed by atoms with Crippen molar-refractivity contribution in [3.63, 3.8) is 0 Å². The molecular formula is C22H31N3O3. The highest BCUT2D eigenvalue weighted by Crippen LogP contribution is 2.31. The van der Waals surface area contributed by atoms with E-state index in [1.807, 2.05) is 35.2 Å². The van der Waals surface area contributed by atoms with Crippen molar-refractivity contribution in [2.24, 2.45) is 5.92 Å². The minimum absolute atomic E-state index is 0.0764. The van der Waals surface area contributed by atoms with Crippen LogP contribution in [0.5, 0.6) is 0 Å². The van der Waals surface area contributed by atoms with Crippen LogP contribution in [0.25, 0.3) is 0 Å². The van der Waals surface area contributed by atoms with E-state index in [9.17, 15) is 14.4 Å². The molecule has 1 aromatic rings. The van der Waals surface area contributed by atoms with Crippen LogP contribution in [0.3, 0.4) is 0 Å². The summed E-state index contributed by atoms with van der Waals surface area (Å²) in [7, 11) is 0. The lowest BCUT2D eigenvalue weighted by atomic mass is 9.86. The molecule has 0 bridgehead atoms. The summed E-state index contributed by atoms with van der Waals surface area (Å²) < 4.78 is 0. The van der Waals surface area contributed by atoms with Crippen LogP contribution in [0.4, 0.5) is 4.79 Å². The van der Waals surface area contributed by atoms with Gasteiger partial charge in [-0.05, 0) is 31.2 Å². The van der Waals surface area contributed by atoms with Gasteiger partial charge in [-0.3, -0.25) is 14.5 Å². The lowest BCUT2D eigenvalue weighted by Crippen LogP contribution is -2.56. The number of nitrogens with zero attached hydrogens (tertiary/aromatic N) is 2. The summed E-state index contributed by atoms with van der Waals surface area (Å²) >= 11 is 0. The van der Waals surface area contributed by atoms with Gasteiger partial charge in [0.25, 0.3) is 5.91 Å². The van der Waals surface area contributed by atoms with Crippen LogP contribution in [-0.4, -0.2) is 46.3 Å². The van der Waals surface area contributed by atoms with Crippen LogP contribution in [0.15, 0.2) is 30.3 Å². The predicted molar refractivity (Wildman–Crippen MR) is 107 cm³/mol. The zero-order chi connectivity index (χ0) is 20.1. The fraction of sp³-hybridized carbons (Fsp3) is 0.591. The Morgan fingerprint density at radius 1 is 1.07 bits per heavy atom. The number of amides is 4. The molecule has 1 spiro atoms. The van der Waals surface area contributed by atoms with Crippen molar-refractivity contribution in [2.75, 3.05) is 13.1 Å². The third-order valence-electron chi connectivity index (χ3n) is 5.98. The number of carbonyl (C=O) groups excluding carboxylic acids is 3. The molecule has 0 saturated carbocycles. The van der Waals surface area contributed by atoms with Crippen LogP contribution in [0, 0.1) is 5.92 Å². The summed E-state index contributed by atoms with van der Waals surface area (Å²) in [5, 5.41) is 2.93. The number of hydrogen-bond acceptors (Lipinski definition) is 3. The topological polar surface area (TPSA) is 69.7 Å². The molecule has 6 nitrogen and oxygen atoms in total. The average Bonchev–Trinajstić information content (AvgIpc) is 2.93. The molecule has 2 heterocycles. The molecule has 2 aliphatic heterocycles. The van der Waals surface area contributed by atoms with E-state index in [4.69, 9.17) is 0 Å². The molecule has 1 N–H and O–H groups in total. The second-order valence-corrected chi connectivity index (χ2v) is 7.99. The Morgan fingerprint density at radius 2 is 1.68 bits per heavy atom. The number of piperidine rings is 1. The minimum Gasteiger partial charge on any atom is -0.342 e. The van der Waals surface area contributed by atoms with Crippen LogP contribution < -0.4 is 5.32 Å². The summed E-state index contributed by atoms with van der Waals surface area (Å²) in [6.45, 7) is 5.54. The molecule has 3 rings (SSSR count). The van der Waals surface area contributed by atoms with E-state index in [-0.39, 0.29) is 30.3 Å². The average molecular weight is 386 g/mol. The monoisotopic (exact) mass is 385 g/mol. The molecule has 0 aliphatic carbocycles. The van der Waals surface area contributed by atoms with Gasteiger partial charge in [0.1, 0.15) is 5.54 Å². The number of benzene rings is 1. The Labute approximate surface area is 167 Å². The molecule has 2 saturated heterocycles. The third-order valence-corrected chi connectivity index (χ3v) is 5.98. The first-order valence-corrected chi connectivity index (χ1v) is 10.5. The number of hydrogen-bond donors (Lipinski definition) is 1. The van der Waals surface area contributed by atoms with Gasteiger partial charge in [-0.2, -0.15) is 0 Å². The van der Waals surface area contributed by atoms with Gasteiger partial charge in [-0.25, -0.2) is 4.79 Å². The normalized spacial score (nSPS) is 18.8. The van der Waals surface area contributed by atoms with E-state index in [0.717, 1.165) is 31.2 Å². The maximum atomic E-state index is 13.1. The van der Waals surface area contributed by atoms with Crippen molar-refractivity contribution in [2.45, 2.75) is 64.5 Å². The van der Waals surface area contributed by atoms with E-state index >= 15 is 0 Å². The lowest BCUT2D eigenvalue weighted by molar-refractivity contribution is -0.141. The molecule has 0 unspecified atom stereocenters. The van der Waals surface area contributed by atoms with Gasteiger partial charge < -0.3 is 10.2 Å². The van der Waals surface area contributed by atoms with E-state index in [2.05, 4.69) is 19.2 Å². The summed E-state index contributed by atoms with van der Waals surface area (Å²) in [4.78, 5) is 41.6. The number of rotatable bonds is 7.